The number of ether oxygens (including phenoxy) is 1. The average molecular weight is 363 g/mol. The van der Waals surface area contributed by atoms with E-state index in [1.807, 2.05) is 13.0 Å². The number of aryl methyl sites for hydroxylation is 1. The Balaban J connectivity index is 2.37. The molecule has 1 atom stereocenters. The number of halogens is 1. The van der Waals surface area contributed by atoms with Gasteiger partial charge in [-0.15, -0.1) is 0 Å². The number of aromatic amines is 1. The van der Waals surface area contributed by atoms with E-state index >= 15 is 0 Å². The van der Waals surface area contributed by atoms with Crippen LogP contribution in [0.4, 0.5) is 5.82 Å². The molecule has 1 heterocycles. The minimum Gasteiger partial charge on any atom is -0.468 e. The van der Waals surface area contributed by atoms with Crippen molar-refractivity contribution in [3.8, 4) is 0 Å². The van der Waals surface area contributed by atoms with E-state index in [0.29, 0.717) is 22.8 Å². The number of hydrazone groups is 1. The molecule has 1 N–H and O–H groups in total. The molecule has 0 radical (unpaired) electrons. The van der Waals surface area contributed by atoms with Gasteiger partial charge in [-0.25, -0.2) is 0 Å². The number of esters is 1. The van der Waals surface area contributed by atoms with Gasteiger partial charge in [-0.3, -0.25) is 14.9 Å². The van der Waals surface area contributed by atoms with Crippen LogP contribution in [0.2, 0.25) is 5.02 Å². The van der Waals surface area contributed by atoms with Crippen molar-refractivity contribution in [2.75, 3.05) is 19.2 Å². The molecule has 0 aliphatic carbocycles. The van der Waals surface area contributed by atoms with Gasteiger partial charge in [0.05, 0.1) is 18.5 Å². The number of aromatic nitrogens is 2. The number of H-pyrrole nitrogens is 1. The van der Waals surface area contributed by atoms with Crippen LogP contribution in [0.25, 0.3) is 0 Å². The Bertz CT molecular complexity index is 770. The van der Waals surface area contributed by atoms with Crippen LogP contribution >= 0.6 is 11.6 Å². The van der Waals surface area contributed by atoms with Crippen LogP contribution in [0.1, 0.15) is 17.7 Å². The van der Waals surface area contributed by atoms with E-state index in [4.69, 9.17) is 11.6 Å². The first-order valence-corrected chi connectivity index (χ1v) is 7.94. The third-order valence-electron chi connectivity index (χ3n) is 3.57. The van der Waals surface area contributed by atoms with Gasteiger partial charge in [0.1, 0.15) is 18.0 Å². The second kappa shape index (κ2) is 8.43. The van der Waals surface area contributed by atoms with E-state index in [1.54, 1.807) is 36.3 Å². The topological polar surface area (TPSA) is 87.7 Å². The van der Waals surface area contributed by atoms with Crippen molar-refractivity contribution in [3.63, 3.8) is 0 Å². The van der Waals surface area contributed by atoms with Crippen LogP contribution in [0, 0.1) is 12.8 Å². The minimum absolute atomic E-state index is 0.106. The summed E-state index contributed by atoms with van der Waals surface area (Å²) in [7, 11) is 2.99. The molecule has 7 nitrogen and oxygen atoms in total. The van der Waals surface area contributed by atoms with Gasteiger partial charge in [0.25, 0.3) is 0 Å². The van der Waals surface area contributed by atoms with E-state index in [0.717, 1.165) is 11.3 Å². The predicted molar refractivity (Wildman–Crippen MR) is 95.9 cm³/mol. The number of methoxy groups -OCH3 is 1. The highest BCUT2D eigenvalue weighted by atomic mass is 35.5. The van der Waals surface area contributed by atoms with Crippen molar-refractivity contribution in [2.24, 2.45) is 11.0 Å². The molecule has 1 unspecified atom stereocenters. The number of hydrogen-bond donors (Lipinski definition) is 1. The van der Waals surface area contributed by atoms with Gasteiger partial charge in [0, 0.05) is 24.6 Å². The summed E-state index contributed by atoms with van der Waals surface area (Å²) >= 11 is 5.93. The fourth-order valence-electron chi connectivity index (χ4n) is 2.21. The van der Waals surface area contributed by atoms with E-state index < -0.39 is 11.9 Å². The van der Waals surface area contributed by atoms with Crippen LogP contribution < -0.4 is 5.01 Å². The lowest BCUT2D eigenvalue weighted by molar-refractivity contribution is -0.146. The maximum absolute atomic E-state index is 11.8. The number of hydrogen-bond acceptors (Lipinski definition) is 6. The third-order valence-corrected chi connectivity index (χ3v) is 3.82. The molecule has 2 rings (SSSR count). The zero-order chi connectivity index (χ0) is 18.4. The Kier molecular flexibility index (Phi) is 6.30. The summed E-state index contributed by atoms with van der Waals surface area (Å²) in [6.07, 6.45) is 0.673. The lowest BCUT2D eigenvalue weighted by Gasteiger charge is -2.16. The summed E-state index contributed by atoms with van der Waals surface area (Å²) in [6.45, 7) is 1.86. The number of benzene rings is 1. The first-order valence-electron chi connectivity index (χ1n) is 7.57. The predicted octanol–water partition coefficient (Wildman–Crippen LogP) is 2.59. The molecule has 0 fully saturated rings. The van der Waals surface area contributed by atoms with Crippen molar-refractivity contribution in [2.45, 2.75) is 13.3 Å². The van der Waals surface area contributed by atoms with Crippen LogP contribution in [0.15, 0.2) is 35.4 Å². The fourth-order valence-corrected chi connectivity index (χ4v) is 2.34. The average Bonchev–Trinajstić information content (AvgIpc) is 3.05. The van der Waals surface area contributed by atoms with Gasteiger partial charge < -0.3 is 9.53 Å². The number of anilines is 1. The number of carbonyl (C=O) groups excluding carboxylic acids is 2. The van der Waals surface area contributed by atoms with E-state index in [1.165, 1.54) is 7.11 Å². The molecule has 0 aliphatic heterocycles. The van der Waals surface area contributed by atoms with Crippen LogP contribution in [-0.2, 0) is 14.3 Å². The summed E-state index contributed by atoms with van der Waals surface area (Å²) in [5.41, 5.74) is 2.13. The lowest BCUT2D eigenvalue weighted by atomic mass is 9.98. The molecule has 0 saturated carbocycles. The largest absolute Gasteiger partial charge is 0.468 e. The molecule has 0 spiro atoms. The molecule has 0 amide bonds. The molecular weight excluding hydrogens is 344 g/mol. The zero-order valence-corrected chi connectivity index (χ0v) is 14.9. The van der Waals surface area contributed by atoms with Crippen LogP contribution in [0.5, 0.6) is 0 Å². The van der Waals surface area contributed by atoms with Gasteiger partial charge in [-0.2, -0.15) is 10.2 Å². The van der Waals surface area contributed by atoms with Crippen molar-refractivity contribution in [1.82, 2.24) is 10.2 Å². The number of rotatable bonds is 7. The molecular formula is C17H19ClN4O3. The quantitative estimate of drug-likeness (QED) is 0.269. The maximum atomic E-state index is 11.8. The van der Waals surface area contributed by atoms with Gasteiger partial charge >= 0.3 is 5.97 Å². The molecule has 132 valence electrons. The van der Waals surface area contributed by atoms with Gasteiger partial charge in [-0.1, -0.05) is 23.7 Å². The molecule has 25 heavy (non-hydrogen) atoms. The standard InChI is InChI=1S/C17H19ClN4O3/c1-11-8-16(20-19-11)22(2)21-15(9-13(10-23)17(24)25-3)12-4-6-14(18)7-5-12/h4-8,10,13H,9H2,1-3H3,(H,19,20)/b21-15+. The number of carbonyl (C=O) groups is 2. The summed E-state index contributed by atoms with van der Waals surface area (Å²) in [5.74, 6) is -0.849. The minimum atomic E-state index is -0.934. The van der Waals surface area contributed by atoms with Crippen LogP contribution in [-0.4, -0.2) is 42.3 Å². The lowest BCUT2D eigenvalue weighted by Crippen LogP contribution is -2.23. The summed E-state index contributed by atoms with van der Waals surface area (Å²) in [6, 6.07) is 8.85. The van der Waals surface area contributed by atoms with Gasteiger partial charge in [0.15, 0.2) is 0 Å². The van der Waals surface area contributed by atoms with Crippen molar-refractivity contribution in [3.05, 3.63) is 46.6 Å². The third kappa shape index (κ3) is 4.90. The fraction of sp³-hybridized carbons (Fsp3) is 0.294. The van der Waals surface area contributed by atoms with Gasteiger partial charge in [0.2, 0.25) is 0 Å². The molecule has 1 aromatic heterocycles. The Morgan fingerprint density at radius 1 is 1.44 bits per heavy atom. The molecule has 0 aliphatic rings. The molecule has 0 bridgehead atoms. The first kappa shape index (κ1) is 18.7. The highest BCUT2D eigenvalue weighted by Crippen LogP contribution is 2.17. The van der Waals surface area contributed by atoms with Gasteiger partial charge in [-0.05, 0) is 24.6 Å². The summed E-state index contributed by atoms with van der Waals surface area (Å²) < 4.78 is 4.68. The van der Waals surface area contributed by atoms with E-state index in [-0.39, 0.29) is 6.42 Å². The maximum Gasteiger partial charge on any atom is 0.316 e. The highest BCUT2D eigenvalue weighted by molar-refractivity contribution is 6.30. The van der Waals surface area contributed by atoms with Crippen molar-refractivity contribution >= 4 is 35.4 Å². The second-order valence-corrected chi connectivity index (χ2v) is 5.88. The van der Waals surface area contributed by atoms with Crippen LogP contribution in [0.3, 0.4) is 0 Å². The molecule has 8 heteroatoms. The first-order chi connectivity index (χ1) is 11.9. The number of nitrogens with zero attached hydrogens (tertiary/aromatic N) is 3. The summed E-state index contributed by atoms with van der Waals surface area (Å²) in [5, 5.41) is 13.6. The smallest absolute Gasteiger partial charge is 0.316 e. The normalized spacial score (nSPS) is 12.6. The zero-order valence-electron chi connectivity index (χ0n) is 14.2. The molecule has 0 saturated heterocycles. The molecule has 1 aromatic carbocycles. The Morgan fingerprint density at radius 3 is 2.64 bits per heavy atom. The van der Waals surface area contributed by atoms with E-state index in [2.05, 4.69) is 20.0 Å². The van der Waals surface area contributed by atoms with Crippen molar-refractivity contribution in [1.29, 1.82) is 0 Å². The SMILES string of the molecule is COC(=O)C(C=O)C/C(=N\N(C)c1cc(C)n[nH]1)c1ccc(Cl)cc1. The summed E-state index contributed by atoms with van der Waals surface area (Å²) in [4.78, 5) is 23.0. The highest BCUT2D eigenvalue weighted by Gasteiger charge is 2.22. The second-order valence-electron chi connectivity index (χ2n) is 5.44. The number of nitrogens with one attached hydrogen (secondary N) is 1. The Hall–Kier alpha value is -2.67. The monoisotopic (exact) mass is 362 g/mol. The number of aldehydes is 1. The van der Waals surface area contributed by atoms with E-state index in [9.17, 15) is 9.59 Å². The molecule has 2 aromatic rings. The Morgan fingerprint density at radius 2 is 2.12 bits per heavy atom. The Labute approximate surface area is 150 Å². The van der Waals surface area contributed by atoms with Crippen molar-refractivity contribution < 1.29 is 14.3 Å².